The minimum atomic E-state index is 0.0715. The summed E-state index contributed by atoms with van der Waals surface area (Å²) in [6, 6.07) is 13.5. The van der Waals surface area contributed by atoms with Gasteiger partial charge in [-0.05, 0) is 54.7 Å². The maximum atomic E-state index is 11.9. The zero-order valence-corrected chi connectivity index (χ0v) is 15.4. The molecule has 0 unspecified atom stereocenters. The molecule has 0 bridgehead atoms. The molecule has 0 atom stereocenters. The lowest BCUT2D eigenvalue weighted by molar-refractivity contribution is -0.121. The molecule has 0 saturated heterocycles. The molecule has 25 heavy (non-hydrogen) atoms. The van der Waals surface area contributed by atoms with Gasteiger partial charge in [-0.15, -0.1) is 0 Å². The number of rotatable bonds is 9. The van der Waals surface area contributed by atoms with Crippen LogP contribution >= 0.6 is 11.6 Å². The Morgan fingerprint density at radius 3 is 2.32 bits per heavy atom. The predicted octanol–water partition coefficient (Wildman–Crippen LogP) is 4.04. The Hall–Kier alpha value is -2.20. The van der Waals surface area contributed by atoms with Crippen molar-refractivity contribution in [2.24, 2.45) is 0 Å². The molecule has 4 nitrogen and oxygen atoms in total. The summed E-state index contributed by atoms with van der Waals surface area (Å²) in [7, 11) is 3.25. The molecule has 0 aliphatic rings. The fourth-order valence-corrected chi connectivity index (χ4v) is 2.68. The number of hydrogen-bond acceptors (Lipinski definition) is 3. The zero-order chi connectivity index (χ0) is 18.1. The monoisotopic (exact) mass is 361 g/mol. The molecule has 1 N–H and O–H groups in total. The number of amides is 1. The molecule has 2 aromatic rings. The largest absolute Gasteiger partial charge is 0.493 e. The molecule has 0 aliphatic heterocycles. The van der Waals surface area contributed by atoms with E-state index >= 15 is 0 Å². The highest BCUT2D eigenvalue weighted by Crippen LogP contribution is 2.27. The van der Waals surface area contributed by atoms with Gasteiger partial charge in [0, 0.05) is 18.0 Å². The van der Waals surface area contributed by atoms with E-state index in [1.165, 1.54) is 0 Å². The van der Waals surface area contributed by atoms with Gasteiger partial charge in [0.15, 0.2) is 11.5 Å². The second kappa shape index (κ2) is 9.94. The average molecular weight is 362 g/mol. The van der Waals surface area contributed by atoms with Crippen LogP contribution in [0.25, 0.3) is 0 Å². The second-order valence-corrected chi connectivity index (χ2v) is 6.21. The van der Waals surface area contributed by atoms with E-state index in [-0.39, 0.29) is 5.91 Å². The van der Waals surface area contributed by atoms with Crippen LogP contribution in [0.15, 0.2) is 42.5 Å². The summed E-state index contributed by atoms with van der Waals surface area (Å²) in [5.41, 5.74) is 2.28. The van der Waals surface area contributed by atoms with Crippen LogP contribution in [0.3, 0.4) is 0 Å². The summed E-state index contributed by atoms with van der Waals surface area (Å²) >= 11 is 5.85. The van der Waals surface area contributed by atoms with Gasteiger partial charge in [0.05, 0.1) is 14.2 Å². The van der Waals surface area contributed by atoms with E-state index in [9.17, 15) is 4.79 Å². The molecule has 0 spiro atoms. The van der Waals surface area contributed by atoms with E-state index in [2.05, 4.69) is 5.32 Å². The second-order valence-electron chi connectivity index (χ2n) is 5.77. The van der Waals surface area contributed by atoms with Crippen molar-refractivity contribution in [3.8, 4) is 11.5 Å². The van der Waals surface area contributed by atoms with Crippen LogP contribution in [-0.2, 0) is 17.6 Å². The van der Waals surface area contributed by atoms with Crippen LogP contribution in [-0.4, -0.2) is 26.7 Å². The summed E-state index contributed by atoms with van der Waals surface area (Å²) in [6.45, 7) is 0.661. The summed E-state index contributed by atoms with van der Waals surface area (Å²) in [5.74, 6) is 1.52. The van der Waals surface area contributed by atoms with Gasteiger partial charge < -0.3 is 14.8 Å². The van der Waals surface area contributed by atoms with E-state index in [1.54, 1.807) is 14.2 Å². The first-order valence-corrected chi connectivity index (χ1v) is 8.72. The maximum absolute atomic E-state index is 11.9. The molecule has 2 rings (SSSR count). The molecule has 134 valence electrons. The Balaban J connectivity index is 1.68. The number of methoxy groups -OCH3 is 2. The van der Waals surface area contributed by atoms with Crippen molar-refractivity contribution in [2.75, 3.05) is 20.8 Å². The topological polar surface area (TPSA) is 47.6 Å². The molecule has 0 fully saturated rings. The van der Waals surface area contributed by atoms with E-state index in [0.29, 0.717) is 18.0 Å². The lowest BCUT2D eigenvalue weighted by Gasteiger charge is -2.10. The molecular weight excluding hydrogens is 338 g/mol. The van der Waals surface area contributed by atoms with Crippen LogP contribution in [0.4, 0.5) is 0 Å². The zero-order valence-electron chi connectivity index (χ0n) is 14.7. The minimum absolute atomic E-state index is 0.0715. The average Bonchev–Trinajstić information content (AvgIpc) is 2.64. The number of carbonyl (C=O) groups is 1. The lowest BCUT2D eigenvalue weighted by Crippen LogP contribution is -2.24. The van der Waals surface area contributed by atoms with Gasteiger partial charge >= 0.3 is 0 Å². The fourth-order valence-electron chi connectivity index (χ4n) is 2.55. The molecule has 0 heterocycles. The van der Waals surface area contributed by atoms with Crippen molar-refractivity contribution in [3.05, 3.63) is 58.6 Å². The molecule has 0 aromatic heterocycles. The third-order valence-corrected chi connectivity index (χ3v) is 4.22. The molecule has 2 aromatic carbocycles. The summed E-state index contributed by atoms with van der Waals surface area (Å²) < 4.78 is 10.5. The molecular formula is C20H24ClNO3. The van der Waals surface area contributed by atoms with Crippen molar-refractivity contribution < 1.29 is 14.3 Å². The third kappa shape index (κ3) is 6.31. The van der Waals surface area contributed by atoms with E-state index in [4.69, 9.17) is 21.1 Å². The van der Waals surface area contributed by atoms with E-state index in [0.717, 1.165) is 41.9 Å². The van der Waals surface area contributed by atoms with E-state index < -0.39 is 0 Å². The van der Waals surface area contributed by atoms with Gasteiger partial charge in [-0.1, -0.05) is 29.8 Å². The van der Waals surface area contributed by atoms with Crippen LogP contribution in [0.5, 0.6) is 11.5 Å². The Bertz CT molecular complexity index is 686. The van der Waals surface area contributed by atoms with Crippen molar-refractivity contribution in [1.82, 2.24) is 5.32 Å². The summed E-state index contributed by atoms with van der Waals surface area (Å²) in [5, 5.41) is 3.68. The Morgan fingerprint density at radius 1 is 0.960 bits per heavy atom. The highest BCUT2D eigenvalue weighted by Gasteiger charge is 2.05. The fraction of sp³-hybridized carbons (Fsp3) is 0.350. The Kier molecular flexibility index (Phi) is 7.61. The van der Waals surface area contributed by atoms with Crippen LogP contribution in [0.1, 0.15) is 24.0 Å². The first-order chi connectivity index (χ1) is 12.1. The first kappa shape index (κ1) is 19.1. The Morgan fingerprint density at radius 2 is 1.64 bits per heavy atom. The lowest BCUT2D eigenvalue weighted by atomic mass is 10.1. The Labute approximate surface area is 154 Å². The van der Waals surface area contributed by atoms with Crippen molar-refractivity contribution in [3.63, 3.8) is 0 Å². The quantitative estimate of drug-likeness (QED) is 0.686. The normalized spacial score (nSPS) is 10.4. The minimum Gasteiger partial charge on any atom is -0.493 e. The smallest absolute Gasteiger partial charge is 0.220 e. The number of aryl methyl sites for hydroxylation is 2. The van der Waals surface area contributed by atoms with Gasteiger partial charge in [-0.25, -0.2) is 0 Å². The van der Waals surface area contributed by atoms with E-state index in [1.807, 2.05) is 42.5 Å². The van der Waals surface area contributed by atoms with Gasteiger partial charge in [0.25, 0.3) is 0 Å². The molecule has 0 radical (unpaired) electrons. The standard InChI is InChI=1S/C20H24ClNO3/c1-24-18-11-7-16(14-19(18)25-2)4-3-13-22-20(23)12-8-15-5-9-17(21)10-6-15/h5-7,9-11,14H,3-4,8,12-13H2,1-2H3,(H,22,23). The molecule has 5 heteroatoms. The molecule has 1 amide bonds. The highest BCUT2D eigenvalue weighted by atomic mass is 35.5. The number of carbonyl (C=O) groups excluding carboxylic acids is 1. The number of ether oxygens (including phenoxy) is 2. The van der Waals surface area contributed by atoms with Crippen molar-refractivity contribution in [1.29, 1.82) is 0 Å². The highest BCUT2D eigenvalue weighted by molar-refractivity contribution is 6.30. The van der Waals surface area contributed by atoms with Crippen molar-refractivity contribution >= 4 is 17.5 Å². The number of nitrogens with one attached hydrogen (secondary N) is 1. The van der Waals surface area contributed by atoms with Crippen LogP contribution in [0, 0.1) is 0 Å². The van der Waals surface area contributed by atoms with Crippen molar-refractivity contribution in [2.45, 2.75) is 25.7 Å². The number of halogens is 1. The molecule has 0 aliphatic carbocycles. The van der Waals surface area contributed by atoms with Gasteiger partial charge in [-0.3, -0.25) is 4.79 Å². The molecule has 0 saturated carbocycles. The summed E-state index contributed by atoms with van der Waals surface area (Å²) in [4.78, 5) is 11.9. The number of benzene rings is 2. The predicted molar refractivity (Wildman–Crippen MR) is 101 cm³/mol. The third-order valence-electron chi connectivity index (χ3n) is 3.97. The van der Waals surface area contributed by atoms with Gasteiger partial charge in [0.1, 0.15) is 0 Å². The van der Waals surface area contributed by atoms with Crippen LogP contribution < -0.4 is 14.8 Å². The first-order valence-electron chi connectivity index (χ1n) is 8.34. The SMILES string of the molecule is COc1ccc(CCCNC(=O)CCc2ccc(Cl)cc2)cc1OC. The van der Waals surface area contributed by atoms with Gasteiger partial charge in [-0.2, -0.15) is 0 Å². The number of hydrogen-bond donors (Lipinski definition) is 1. The maximum Gasteiger partial charge on any atom is 0.220 e. The summed E-state index contributed by atoms with van der Waals surface area (Å²) in [6.07, 6.45) is 2.96. The van der Waals surface area contributed by atoms with Crippen LogP contribution in [0.2, 0.25) is 5.02 Å². The van der Waals surface area contributed by atoms with Gasteiger partial charge in [0.2, 0.25) is 5.91 Å².